The molecule has 2 heterocycles. The van der Waals surface area contributed by atoms with Gasteiger partial charge in [0.05, 0.1) is 11.6 Å². The van der Waals surface area contributed by atoms with E-state index in [-0.39, 0.29) is 0 Å². The molecule has 0 unspecified atom stereocenters. The fraction of sp³-hybridized carbons (Fsp3) is 0.308. The molecule has 2 nitrogen and oxygen atoms in total. The fourth-order valence-electron chi connectivity index (χ4n) is 1.95. The van der Waals surface area contributed by atoms with E-state index in [0.717, 1.165) is 16.8 Å². The summed E-state index contributed by atoms with van der Waals surface area (Å²) in [7, 11) is 0. The van der Waals surface area contributed by atoms with Crippen molar-refractivity contribution in [2.24, 2.45) is 0 Å². The van der Waals surface area contributed by atoms with Crippen LogP contribution in [0, 0.1) is 0 Å². The highest BCUT2D eigenvalue weighted by atomic mass is 79.9. The molecule has 3 rings (SSSR count). The summed E-state index contributed by atoms with van der Waals surface area (Å²) >= 11 is 11.5. The lowest BCUT2D eigenvalue weighted by Crippen LogP contribution is -2.25. The molecule has 0 radical (unpaired) electrons. The van der Waals surface area contributed by atoms with Crippen LogP contribution in [0.3, 0.4) is 0 Å². The van der Waals surface area contributed by atoms with E-state index < -0.39 is 0 Å². The summed E-state index contributed by atoms with van der Waals surface area (Å²) in [6, 6.07) is 6.75. The average Bonchev–Trinajstić information content (AvgIpc) is 3.05. The number of aromatic nitrogens is 1. The Morgan fingerprint density at radius 2 is 2.33 bits per heavy atom. The Morgan fingerprint density at radius 3 is 2.94 bits per heavy atom. The molecule has 0 spiro atoms. The van der Waals surface area contributed by atoms with Crippen LogP contribution in [0.5, 0.6) is 0 Å². The average molecular weight is 344 g/mol. The Bertz CT molecular complexity index is 540. The van der Waals surface area contributed by atoms with Gasteiger partial charge in [-0.15, -0.1) is 11.3 Å². The van der Waals surface area contributed by atoms with E-state index in [1.165, 1.54) is 17.7 Å². The molecule has 1 saturated carbocycles. The van der Waals surface area contributed by atoms with E-state index in [1.54, 1.807) is 11.3 Å². The van der Waals surface area contributed by atoms with Gasteiger partial charge in [-0.05, 0) is 46.3 Å². The minimum atomic E-state index is 0.596. The molecule has 0 amide bonds. The molecule has 0 N–H and O–H groups in total. The highest BCUT2D eigenvalue weighted by Crippen LogP contribution is 2.36. The maximum Gasteiger partial charge on any atom is 0.148 e. The van der Waals surface area contributed by atoms with Gasteiger partial charge in [0.2, 0.25) is 0 Å². The molecule has 2 aromatic rings. The van der Waals surface area contributed by atoms with Gasteiger partial charge in [-0.1, -0.05) is 17.7 Å². The standard InChI is InChI=1S/C13H12BrClN2S/c14-9-6-12(15)13(16-7-9)17(10-3-4-10)8-11-2-1-5-18-11/h1-2,5-7,10H,3-4,8H2. The smallest absolute Gasteiger partial charge is 0.148 e. The van der Waals surface area contributed by atoms with Gasteiger partial charge in [-0.3, -0.25) is 0 Å². The van der Waals surface area contributed by atoms with Crippen molar-refractivity contribution in [3.05, 3.63) is 44.1 Å². The zero-order chi connectivity index (χ0) is 12.5. The van der Waals surface area contributed by atoms with Crippen LogP contribution in [0.4, 0.5) is 5.82 Å². The minimum Gasteiger partial charge on any atom is -0.347 e. The first-order chi connectivity index (χ1) is 8.74. The second kappa shape index (κ2) is 5.19. The normalized spacial score (nSPS) is 14.8. The molecule has 0 bridgehead atoms. The summed E-state index contributed by atoms with van der Waals surface area (Å²) in [4.78, 5) is 8.14. The molecule has 2 aromatic heterocycles. The van der Waals surface area contributed by atoms with E-state index in [1.807, 2.05) is 12.3 Å². The first-order valence-corrected chi connectivity index (χ1v) is 7.89. The molecule has 0 aromatic carbocycles. The van der Waals surface area contributed by atoms with E-state index >= 15 is 0 Å². The van der Waals surface area contributed by atoms with Crippen LogP contribution in [0.2, 0.25) is 5.02 Å². The summed E-state index contributed by atoms with van der Waals surface area (Å²) in [5.74, 6) is 0.899. The first kappa shape index (κ1) is 12.5. The monoisotopic (exact) mass is 342 g/mol. The number of thiophene rings is 1. The largest absolute Gasteiger partial charge is 0.347 e. The number of pyridine rings is 1. The van der Waals surface area contributed by atoms with Gasteiger partial charge in [0, 0.05) is 21.6 Å². The third kappa shape index (κ3) is 2.71. The van der Waals surface area contributed by atoms with Gasteiger partial charge in [0.1, 0.15) is 5.82 Å². The van der Waals surface area contributed by atoms with Crippen molar-refractivity contribution in [3.8, 4) is 0 Å². The van der Waals surface area contributed by atoms with E-state index in [4.69, 9.17) is 11.6 Å². The third-order valence-electron chi connectivity index (χ3n) is 2.95. The highest BCUT2D eigenvalue weighted by molar-refractivity contribution is 9.10. The predicted octanol–water partition coefficient (Wildman–Crippen LogP) is 4.73. The van der Waals surface area contributed by atoms with Gasteiger partial charge in [0.15, 0.2) is 0 Å². The lowest BCUT2D eigenvalue weighted by molar-refractivity contribution is 0.786. The second-order valence-corrected chi connectivity index (χ2v) is 6.75. The molecule has 0 atom stereocenters. The van der Waals surface area contributed by atoms with Gasteiger partial charge >= 0.3 is 0 Å². The van der Waals surface area contributed by atoms with Gasteiger partial charge in [0.25, 0.3) is 0 Å². The topological polar surface area (TPSA) is 16.1 Å². The van der Waals surface area contributed by atoms with Crippen molar-refractivity contribution in [3.63, 3.8) is 0 Å². The second-order valence-electron chi connectivity index (χ2n) is 4.40. The number of nitrogens with zero attached hydrogens (tertiary/aromatic N) is 2. The lowest BCUT2D eigenvalue weighted by atomic mass is 10.3. The molecule has 0 aliphatic heterocycles. The molecule has 5 heteroatoms. The van der Waals surface area contributed by atoms with Crippen molar-refractivity contribution in [1.29, 1.82) is 0 Å². The Hall–Kier alpha value is -0.580. The van der Waals surface area contributed by atoms with Crippen LogP contribution in [-0.2, 0) is 6.54 Å². The van der Waals surface area contributed by atoms with Crippen LogP contribution in [-0.4, -0.2) is 11.0 Å². The Labute approximate surface area is 124 Å². The molecular formula is C13H12BrClN2S. The van der Waals surface area contributed by atoms with Crippen molar-refractivity contribution < 1.29 is 0 Å². The summed E-state index contributed by atoms with van der Waals surface area (Å²) in [5.41, 5.74) is 0. The van der Waals surface area contributed by atoms with Crippen molar-refractivity contribution in [2.45, 2.75) is 25.4 Å². The summed E-state index contributed by atoms with van der Waals surface area (Å²) in [5, 5.41) is 2.82. The van der Waals surface area contributed by atoms with Crippen molar-refractivity contribution in [2.75, 3.05) is 4.90 Å². The van der Waals surface area contributed by atoms with Gasteiger partial charge < -0.3 is 4.90 Å². The molecule has 0 saturated heterocycles. The van der Waals surface area contributed by atoms with Crippen LogP contribution < -0.4 is 4.90 Å². The molecule has 18 heavy (non-hydrogen) atoms. The SMILES string of the molecule is Clc1cc(Br)cnc1N(Cc1cccs1)C1CC1. The van der Waals surface area contributed by atoms with Crippen LogP contribution in [0.1, 0.15) is 17.7 Å². The van der Waals surface area contributed by atoms with Crippen molar-refractivity contribution >= 4 is 44.7 Å². The Morgan fingerprint density at radius 1 is 1.50 bits per heavy atom. The van der Waals surface area contributed by atoms with Crippen LogP contribution in [0.15, 0.2) is 34.2 Å². The number of hydrogen-bond acceptors (Lipinski definition) is 3. The minimum absolute atomic E-state index is 0.596. The number of anilines is 1. The third-order valence-corrected chi connectivity index (χ3v) is 4.53. The maximum absolute atomic E-state index is 6.31. The summed E-state index contributed by atoms with van der Waals surface area (Å²) < 4.78 is 0.920. The van der Waals surface area contributed by atoms with E-state index in [2.05, 4.69) is 43.3 Å². The summed E-state index contributed by atoms with van der Waals surface area (Å²) in [6.07, 6.45) is 4.28. The maximum atomic E-state index is 6.31. The van der Waals surface area contributed by atoms with E-state index in [9.17, 15) is 0 Å². The van der Waals surface area contributed by atoms with Gasteiger partial charge in [-0.2, -0.15) is 0 Å². The molecular weight excluding hydrogens is 332 g/mol. The highest BCUT2D eigenvalue weighted by Gasteiger charge is 2.31. The Kier molecular flexibility index (Phi) is 3.59. The fourth-order valence-corrected chi connectivity index (χ4v) is 3.39. The lowest BCUT2D eigenvalue weighted by Gasteiger charge is -2.23. The van der Waals surface area contributed by atoms with E-state index in [0.29, 0.717) is 11.1 Å². The van der Waals surface area contributed by atoms with Crippen LogP contribution >= 0.6 is 38.9 Å². The predicted molar refractivity (Wildman–Crippen MR) is 80.5 cm³/mol. The number of hydrogen-bond donors (Lipinski definition) is 0. The Balaban J connectivity index is 1.89. The number of halogens is 2. The summed E-state index contributed by atoms with van der Waals surface area (Å²) in [6.45, 7) is 0.899. The molecule has 1 aliphatic rings. The van der Waals surface area contributed by atoms with Gasteiger partial charge in [-0.25, -0.2) is 4.98 Å². The molecule has 94 valence electrons. The zero-order valence-electron chi connectivity index (χ0n) is 9.64. The number of rotatable bonds is 4. The molecule has 1 fully saturated rings. The van der Waals surface area contributed by atoms with Crippen molar-refractivity contribution in [1.82, 2.24) is 4.98 Å². The molecule has 1 aliphatic carbocycles. The quantitative estimate of drug-likeness (QED) is 0.798. The zero-order valence-corrected chi connectivity index (χ0v) is 12.8. The first-order valence-electron chi connectivity index (χ1n) is 5.84. The van der Waals surface area contributed by atoms with Crippen LogP contribution in [0.25, 0.3) is 0 Å².